The van der Waals surface area contributed by atoms with Crippen molar-refractivity contribution >= 4 is 0 Å². The predicted octanol–water partition coefficient (Wildman–Crippen LogP) is 3.58. The van der Waals surface area contributed by atoms with E-state index in [0.717, 1.165) is 31.1 Å². The quantitative estimate of drug-likeness (QED) is 0.695. The monoisotopic (exact) mass is 377 g/mol. The molecule has 0 saturated heterocycles. The van der Waals surface area contributed by atoms with Crippen molar-refractivity contribution < 1.29 is 4.74 Å². The Kier molecular flexibility index (Phi) is 4.89. The molecule has 0 bridgehead atoms. The summed E-state index contributed by atoms with van der Waals surface area (Å²) in [5.74, 6) is 1.72. The van der Waals surface area contributed by atoms with Gasteiger partial charge in [0.05, 0.1) is 18.7 Å². The van der Waals surface area contributed by atoms with Crippen LogP contribution in [0.15, 0.2) is 48.5 Å². The van der Waals surface area contributed by atoms with Crippen LogP contribution in [0.2, 0.25) is 0 Å². The Labute approximate surface area is 166 Å². The molecule has 1 aliphatic rings. The van der Waals surface area contributed by atoms with Gasteiger partial charge in [-0.1, -0.05) is 36.4 Å². The third-order valence-corrected chi connectivity index (χ3v) is 5.33. The molecule has 1 aromatic heterocycles. The summed E-state index contributed by atoms with van der Waals surface area (Å²) in [5, 5.41) is 12.8. The minimum atomic E-state index is -0.197. The molecule has 3 aromatic rings. The van der Waals surface area contributed by atoms with Gasteiger partial charge in [-0.25, -0.2) is 4.68 Å². The molecule has 0 amide bonds. The normalized spacial score (nSPS) is 15.9. The number of rotatable bonds is 4. The number of nitrogens with zero attached hydrogens (tertiary/aromatic N) is 5. The van der Waals surface area contributed by atoms with E-state index in [9.17, 15) is 0 Å². The van der Waals surface area contributed by atoms with E-state index < -0.39 is 0 Å². The van der Waals surface area contributed by atoms with Crippen LogP contribution >= 0.6 is 0 Å². The highest BCUT2D eigenvalue weighted by atomic mass is 16.5. The lowest BCUT2D eigenvalue weighted by Crippen LogP contribution is -2.38. The summed E-state index contributed by atoms with van der Waals surface area (Å²) in [6.45, 7) is 8.23. The van der Waals surface area contributed by atoms with E-state index in [-0.39, 0.29) is 11.6 Å². The van der Waals surface area contributed by atoms with Crippen LogP contribution in [0, 0.1) is 0 Å². The van der Waals surface area contributed by atoms with E-state index in [2.05, 4.69) is 77.6 Å². The van der Waals surface area contributed by atoms with Crippen LogP contribution in [0.25, 0.3) is 0 Å². The summed E-state index contributed by atoms with van der Waals surface area (Å²) >= 11 is 0. The first-order valence-electron chi connectivity index (χ1n) is 9.71. The van der Waals surface area contributed by atoms with Gasteiger partial charge in [0.15, 0.2) is 5.82 Å². The van der Waals surface area contributed by atoms with Gasteiger partial charge in [0.2, 0.25) is 0 Å². The second-order valence-corrected chi connectivity index (χ2v) is 8.28. The summed E-state index contributed by atoms with van der Waals surface area (Å²) in [6.07, 6.45) is 1.03. The first-order valence-corrected chi connectivity index (χ1v) is 9.71. The molecule has 1 aliphatic heterocycles. The fourth-order valence-corrected chi connectivity index (χ4v) is 3.89. The number of hydrogen-bond donors (Lipinski definition) is 0. The average Bonchev–Trinajstić information content (AvgIpc) is 3.18. The van der Waals surface area contributed by atoms with Crippen LogP contribution in [-0.2, 0) is 18.5 Å². The molecule has 0 radical (unpaired) electrons. The largest absolute Gasteiger partial charge is 0.497 e. The van der Waals surface area contributed by atoms with Crippen molar-refractivity contribution in [1.82, 2.24) is 25.1 Å². The van der Waals surface area contributed by atoms with Crippen LogP contribution in [0.4, 0.5) is 0 Å². The van der Waals surface area contributed by atoms with Gasteiger partial charge in [0, 0.05) is 13.1 Å². The number of hydrogen-bond acceptors (Lipinski definition) is 5. The van der Waals surface area contributed by atoms with Gasteiger partial charge in [-0.15, -0.1) is 5.10 Å². The van der Waals surface area contributed by atoms with Crippen molar-refractivity contribution in [2.75, 3.05) is 13.7 Å². The van der Waals surface area contributed by atoms with Crippen molar-refractivity contribution in [3.05, 3.63) is 71.0 Å². The highest BCUT2D eigenvalue weighted by Crippen LogP contribution is 2.34. The highest BCUT2D eigenvalue weighted by molar-refractivity contribution is 5.34. The van der Waals surface area contributed by atoms with Crippen molar-refractivity contribution in [3.63, 3.8) is 0 Å². The molecule has 0 fully saturated rings. The van der Waals surface area contributed by atoms with Crippen LogP contribution in [0.3, 0.4) is 0 Å². The molecule has 2 heterocycles. The molecule has 0 N–H and O–H groups in total. The van der Waals surface area contributed by atoms with Crippen molar-refractivity contribution in [1.29, 1.82) is 0 Å². The summed E-state index contributed by atoms with van der Waals surface area (Å²) in [6, 6.07) is 16.9. The summed E-state index contributed by atoms with van der Waals surface area (Å²) < 4.78 is 7.30. The topological polar surface area (TPSA) is 56.1 Å². The molecule has 0 saturated carbocycles. The summed E-state index contributed by atoms with van der Waals surface area (Å²) in [5.41, 5.74) is 3.78. The summed E-state index contributed by atoms with van der Waals surface area (Å²) in [7, 11) is 1.69. The Balaban J connectivity index is 1.77. The molecular weight excluding hydrogens is 350 g/mol. The van der Waals surface area contributed by atoms with E-state index in [0.29, 0.717) is 0 Å². The Bertz CT molecular complexity index is 942. The van der Waals surface area contributed by atoms with Gasteiger partial charge in [-0.3, -0.25) is 4.90 Å². The van der Waals surface area contributed by atoms with Crippen LogP contribution in [-0.4, -0.2) is 38.8 Å². The SMILES string of the molecule is COc1ccc([C@@H](c2nnnn2C(C)(C)C)N2CCc3ccccc3C2)cc1. The van der Waals surface area contributed by atoms with Crippen LogP contribution < -0.4 is 4.74 Å². The number of benzene rings is 2. The Hall–Kier alpha value is -2.73. The number of fused-ring (bicyclic) bond motifs is 1. The third-order valence-electron chi connectivity index (χ3n) is 5.33. The predicted molar refractivity (Wildman–Crippen MR) is 108 cm³/mol. The Morgan fingerprint density at radius 2 is 1.71 bits per heavy atom. The molecule has 1 atom stereocenters. The molecule has 146 valence electrons. The van der Waals surface area contributed by atoms with Gasteiger partial charge >= 0.3 is 0 Å². The number of methoxy groups -OCH3 is 1. The smallest absolute Gasteiger partial charge is 0.173 e. The maximum absolute atomic E-state index is 5.35. The number of aromatic nitrogens is 4. The van der Waals surface area contributed by atoms with Crippen molar-refractivity contribution in [2.24, 2.45) is 0 Å². The maximum Gasteiger partial charge on any atom is 0.173 e. The zero-order valence-electron chi connectivity index (χ0n) is 17.0. The van der Waals surface area contributed by atoms with Gasteiger partial charge < -0.3 is 4.74 Å². The van der Waals surface area contributed by atoms with E-state index in [1.165, 1.54) is 16.7 Å². The minimum absolute atomic E-state index is 0.0199. The number of ether oxygens (including phenoxy) is 1. The minimum Gasteiger partial charge on any atom is -0.497 e. The molecule has 2 aromatic carbocycles. The average molecular weight is 377 g/mol. The van der Waals surface area contributed by atoms with Crippen LogP contribution in [0.1, 0.15) is 49.3 Å². The first-order chi connectivity index (χ1) is 13.5. The lowest BCUT2D eigenvalue weighted by atomic mass is 9.95. The molecule has 6 heteroatoms. The van der Waals surface area contributed by atoms with Gasteiger partial charge in [0.1, 0.15) is 5.75 Å². The third kappa shape index (κ3) is 3.52. The van der Waals surface area contributed by atoms with Crippen molar-refractivity contribution in [3.8, 4) is 5.75 Å². The molecule has 6 nitrogen and oxygen atoms in total. The lowest BCUT2D eigenvalue weighted by molar-refractivity contribution is 0.185. The van der Waals surface area contributed by atoms with E-state index >= 15 is 0 Å². The first kappa shape index (κ1) is 18.6. The standard InChI is InChI=1S/C22H27N5O/c1-22(2,3)27-21(23-24-25-27)20(17-9-11-19(28-4)12-10-17)26-14-13-16-7-5-6-8-18(16)15-26/h5-12,20H,13-15H2,1-4H3/t20-/m0/s1. The molecule has 0 aliphatic carbocycles. The maximum atomic E-state index is 5.35. The van der Waals surface area contributed by atoms with Gasteiger partial charge in [0.25, 0.3) is 0 Å². The molecule has 0 spiro atoms. The molecular formula is C22H27N5O. The van der Waals surface area contributed by atoms with E-state index in [1.807, 2.05) is 16.8 Å². The zero-order valence-corrected chi connectivity index (χ0v) is 17.0. The number of tetrazole rings is 1. The second kappa shape index (κ2) is 7.36. The highest BCUT2D eigenvalue weighted by Gasteiger charge is 2.33. The molecule has 28 heavy (non-hydrogen) atoms. The second-order valence-electron chi connectivity index (χ2n) is 8.28. The fraction of sp³-hybridized carbons (Fsp3) is 0.409. The molecule has 4 rings (SSSR count). The van der Waals surface area contributed by atoms with Gasteiger partial charge in [-0.2, -0.15) is 0 Å². The molecule has 0 unspecified atom stereocenters. The van der Waals surface area contributed by atoms with E-state index in [4.69, 9.17) is 4.74 Å². The fourth-order valence-electron chi connectivity index (χ4n) is 3.89. The lowest BCUT2D eigenvalue weighted by Gasteiger charge is -2.36. The zero-order chi connectivity index (χ0) is 19.7. The Morgan fingerprint density at radius 3 is 2.39 bits per heavy atom. The van der Waals surface area contributed by atoms with Crippen molar-refractivity contribution in [2.45, 2.75) is 45.3 Å². The summed E-state index contributed by atoms with van der Waals surface area (Å²) in [4.78, 5) is 2.47. The Morgan fingerprint density at radius 1 is 1.00 bits per heavy atom. The van der Waals surface area contributed by atoms with Crippen LogP contribution in [0.5, 0.6) is 5.75 Å². The van der Waals surface area contributed by atoms with E-state index in [1.54, 1.807) is 7.11 Å². The van der Waals surface area contributed by atoms with Gasteiger partial charge in [-0.05, 0) is 66.4 Å².